The molecule has 1 saturated heterocycles. The lowest BCUT2D eigenvalue weighted by atomic mass is 9.74. The minimum Gasteiger partial charge on any atom is -0.490 e. The van der Waals surface area contributed by atoms with E-state index in [1.54, 1.807) is 0 Å². The van der Waals surface area contributed by atoms with E-state index in [4.69, 9.17) is 14.2 Å². The lowest BCUT2D eigenvalue weighted by Crippen LogP contribution is -2.44. The molecule has 162 valence electrons. The Labute approximate surface area is 179 Å². The average molecular weight is 412 g/mol. The number of amides is 1. The van der Waals surface area contributed by atoms with Gasteiger partial charge in [-0.05, 0) is 56.4 Å². The van der Waals surface area contributed by atoms with Crippen LogP contribution in [0, 0.1) is 0 Å². The van der Waals surface area contributed by atoms with Crippen molar-refractivity contribution in [1.82, 2.24) is 5.32 Å². The van der Waals surface area contributed by atoms with Gasteiger partial charge in [0.05, 0.1) is 13.2 Å². The molecular formula is C25H33NO4. The molecule has 1 heterocycles. The molecule has 5 nitrogen and oxygen atoms in total. The van der Waals surface area contributed by atoms with Crippen LogP contribution >= 0.6 is 0 Å². The molecule has 3 rings (SSSR count). The molecule has 1 aliphatic rings. The molecule has 0 atom stereocenters. The number of carbonyl (C=O) groups excluding carboxylic acids is 1. The number of hydrogen-bond acceptors (Lipinski definition) is 4. The standard InChI is InChI=1S/C25H33NO4/c1-3-29-22-12-10-20(18-23(22)30-4-2)11-13-24(27)26-19-25(14-16-28-17-15-25)21-8-6-5-7-9-21/h5-10,12,18H,3-4,11,13-17,19H2,1-2H3,(H,26,27). The molecule has 2 aromatic rings. The summed E-state index contributed by atoms with van der Waals surface area (Å²) in [5.74, 6) is 1.56. The van der Waals surface area contributed by atoms with Gasteiger partial charge in [-0.1, -0.05) is 36.4 Å². The highest BCUT2D eigenvalue weighted by Crippen LogP contribution is 2.34. The molecule has 0 unspecified atom stereocenters. The van der Waals surface area contributed by atoms with Gasteiger partial charge in [0.2, 0.25) is 5.91 Å². The molecule has 2 aromatic carbocycles. The Balaban J connectivity index is 1.58. The highest BCUT2D eigenvalue weighted by Gasteiger charge is 2.34. The third kappa shape index (κ3) is 5.76. The summed E-state index contributed by atoms with van der Waals surface area (Å²) in [6.07, 6.45) is 2.96. The van der Waals surface area contributed by atoms with Crippen molar-refractivity contribution < 1.29 is 19.0 Å². The third-order valence-electron chi connectivity index (χ3n) is 5.71. The summed E-state index contributed by atoms with van der Waals surface area (Å²) in [6.45, 7) is 7.19. The third-order valence-corrected chi connectivity index (χ3v) is 5.71. The van der Waals surface area contributed by atoms with Crippen LogP contribution in [0.1, 0.15) is 44.2 Å². The van der Waals surface area contributed by atoms with Gasteiger partial charge in [-0.15, -0.1) is 0 Å². The Kier molecular flexibility index (Phi) is 8.14. The largest absolute Gasteiger partial charge is 0.490 e. The van der Waals surface area contributed by atoms with Gasteiger partial charge >= 0.3 is 0 Å². The van der Waals surface area contributed by atoms with Gasteiger partial charge in [0.25, 0.3) is 0 Å². The molecule has 1 aliphatic heterocycles. The van der Waals surface area contributed by atoms with Crippen molar-refractivity contribution in [2.24, 2.45) is 0 Å². The van der Waals surface area contributed by atoms with E-state index in [0.29, 0.717) is 32.6 Å². The molecule has 0 radical (unpaired) electrons. The van der Waals surface area contributed by atoms with Gasteiger partial charge in [-0.3, -0.25) is 4.79 Å². The summed E-state index contributed by atoms with van der Waals surface area (Å²) in [4.78, 5) is 12.6. The highest BCUT2D eigenvalue weighted by molar-refractivity contribution is 5.76. The SMILES string of the molecule is CCOc1ccc(CCC(=O)NCC2(c3ccccc3)CCOCC2)cc1OCC. The lowest BCUT2D eigenvalue weighted by Gasteiger charge is -2.38. The fraction of sp³-hybridized carbons (Fsp3) is 0.480. The minimum atomic E-state index is -0.0452. The summed E-state index contributed by atoms with van der Waals surface area (Å²) >= 11 is 0. The Hall–Kier alpha value is -2.53. The first-order chi connectivity index (χ1) is 14.7. The summed E-state index contributed by atoms with van der Waals surface area (Å²) in [5.41, 5.74) is 2.30. The van der Waals surface area contributed by atoms with Gasteiger partial charge in [-0.2, -0.15) is 0 Å². The van der Waals surface area contributed by atoms with Gasteiger partial charge in [0.1, 0.15) is 0 Å². The molecule has 0 saturated carbocycles. The summed E-state index contributed by atoms with van der Waals surface area (Å²) in [6, 6.07) is 16.4. The molecule has 0 aromatic heterocycles. The number of nitrogens with one attached hydrogen (secondary N) is 1. The molecule has 0 spiro atoms. The quantitative estimate of drug-likeness (QED) is 0.634. The van der Waals surface area contributed by atoms with E-state index in [1.165, 1.54) is 5.56 Å². The predicted octanol–water partition coefficient (Wildman–Crippen LogP) is 4.28. The Morgan fingerprint density at radius 2 is 1.70 bits per heavy atom. The Morgan fingerprint density at radius 3 is 2.40 bits per heavy atom. The number of benzene rings is 2. The first kappa shape index (κ1) is 22.2. The summed E-state index contributed by atoms with van der Waals surface area (Å²) < 4.78 is 16.9. The van der Waals surface area contributed by atoms with Crippen LogP contribution in [0.4, 0.5) is 0 Å². The topological polar surface area (TPSA) is 56.8 Å². The van der Waals surface area contributed by atoms with E-state index in [9.17, 15) is 4.79 Å². The maximum absolute atomic E-state index is 12.6. The van der Waals surface area contributed by atoms with Crippen LogP contribution < -0.4 is 14.8 Å². The van der Waals surface area contributed by atoms with Crippen molar-refractivity contribution in [3.8, 4) is 11.5 Å². The van der Waals surface area contributed by atoms with Gasteiger partial charge in [0.15, 0.2) is 11.5 Å². The zero-order valence-electron chi connectivity index (χ0n) is 18.1. The minimum absolute atomic E-state index is 0.0452. The number of carbonyl (C=O) groups is 1. The van der Waals surface area contributed by atoms with Crippen molar-refractivity contribution >= 4 is 5.91 Å². The van der Waals surface area contributed by atoms with Crippen LogP contribution in [0.2, 0.25) is 0 Å². The second-order valence-electron chi connectivity index (χ2n) is 7.68. The van der Waals surface area contributed by atoms with Crippen molar-refractivity contribution in [3.63, 3.8) is 0 Å². The highest BCUT2D eigenvalue weighted by atomic mass is 16.5. The van der Waals surface area contributed by atoms with Crippen LogP contribution in [-0.4, -0.2) is 38.9 Å². The fourth-order valence-electron chi connectivity index (χ4n) is 3.99. The van der Waals surface area contributed by atoms with E-state index in [1.807, 2.05) is 38.1 Å². The number of aryl methyl sites for hydroxylation is 1. The van der Waals surface area contributed by atoms with Gasteiger partial charge in [-0.25, -0.2) is 0 Å². The summed E-state index contributed by atoms with van der Waals surface area (Å²) in [7, 11) is 0. The molecule has 0 aliphatic carbocycles. The van der Waals surface area contributed by atoms with Crippen molar-refractivity contribution in [2.45, 2.75) is 44.9 Å². The molecule has 1 N–H and O–H groups in total. The zero-order chi connectivity index (χ0) is 21.2. The van der Waals surface area contributed by atoms with Gasteiger partial charge in [0, 0.05) is 31.6 Å². The van der Waals surface area contributed by atoms with Crippen LogP contribution in [0.25, 0.3) is 0 Å². The Morgan fingerprint density at radius 1 is 1.00 bits per heavy atom. The molecule has 1 fully saturated rings. The zero-order valence-corrected chi connectivity index (χ0v) is 18.1. The summed E-state index contributed by atoms with van der Waals surface area (Å²) in [5, 5.41) is 3.18. The van der Waals surface area contributed by atoms with Crippen molar-refractivity contribution in [3.05, 3.63) is 59.7 Å². The smallest absolute Gasteiger partial charge is 0.220 e. The predicted molar refractivity (Wildman–Crippen MR) is 118 cm³/mol. The second kappa shape index (κ2) is 11.0. The lowest BCUT2D eigenvalue weighted by molar-refractivity contribution is -0.121. The van der Waals surface area contributed by atoms with E-state index in [-0.39, 0.29) is 11.3 Å². The van der Waals surface area contributed by atoms with Crippen LogP contribution in [-0.2, 0) is 21.4 Å². The molecule has 30 heavy (non-hydrogen) atoms. The normalized spacial score (nSPS) is 15.4. The Bertz CT molecular complexity index is 800. The van der Waals surface area contributed by atoms with Crippen molar-refractivity contribution in [1.29, 1.82) is 0 Å². The van der Waals surface area contributed by atoms with Gasteiger partial charge < -0.3 is 19.5 Å². The maximum Gasteiger partial charge on any atom is 0.220 e. The molecule has 0 bridgehead atoms. The number of rotatable bonds is 10. The van der Waals surface area contributed by atoms with E-state index in [2.05, 4.69) is 29.6 Å². The maximum atomic E-state index is 12.6. The molecule has 5 heteroatoms. The van der Waals surface area contributed by atoms with E-state index < -0.39 is 0 Å². The van der Waals surface area contributed by atoms with Crippen molar-refractivity contribution in [2.75, 3.05) is 33.0 Å². The monoisotopic (exact) mass is 411 g/mol. The van der Waals surface area contributed by atoms with E-state index in [0.717, 1.165) is 43.1 Å². The molecule has 1 amide bonds. The van der Waals surface area contributed by atoms with E-state index >= 15 is 0 Å². The second-order valence-corrected chi connectivity index (χ2v) is 7.68. The first-order valence-corrected chi connectivity index (χ1v) is 11.0. The number of ether oxygens (including phenoxy) is 3. The van der Waals surface area contributed by atoms with Crippen LogP contribution in [0.15, 0.2) is 48.5 Å². The average Bonchev–Trinajstić information content (AvgIpc) is 2.79. The number of hydrogen-bond donors (Lipinski definition) is 1. The molecular weight excluding hydrogens is 378 g/mol. The van der Waals surface area contributed by atoms with Crippen LogP contribution in [0.5, 0.6) is 11.5 Å². The fourth-order valence-corrected chi connectivity index (χ4v) is 3.99. The van der Waals surface area contributed by atoms with Crippen LogP contribution in [0.3, 0.4) is 0 Å². The first-order valence-electron chi connectivity index (χ1n) is 11.0.